The van der Waals surface area contributed by atoms with Crippen LogP contribution in [0.25, 0.3) is 0 Å². The van der Waals surface area contributed by atoms with Crippen LogP contribution in [0.5, 0.6) is 11.5 Å². The van der Waals surface area contributed by atoms with Crippen LogP contribution in [0.4, 0.5) is 0 Å². The largest absolute Gasteiger partial charge is 0.493 e. The molecule has 1 amide bonds. The zero-order valence-corrected chi connectivity index (χ0v) is 14.5. The molecule has 7 nitrogen and oxygen atoms in total. The second-order valence-electron chi connectivity index (χ2n) is 4.62. The Labute approximate surface area is 150 Å². The van der Waals surface area contributed by atoms with Gasteiger partial charge in [-0.05, 0) is 29.8 Å². The monoisotopic (exact) mass is 358 g/mol. The van der Waals surface area contributed by atoms with Gasteiger partial charge < -0.3 is 9.47 Å². The second kappa shape index (κ2) is 10.1. The van der Waals surface area contributed by atoms with E-state index in [2.05, 4.69) is 27.1 Å². The average molecular weight is 358 g/mol. The topological polar surface area (TPSA) is 85.7 Å². The van der Waals surface area contributed by atoms with Gasteiger partial charge in [-0.2, -0.15) is 5.10 Å². The van der Waals surface area contributed by atoms with Crippen LogP contribution in [0, 0.1) is 0 Å². The standard InChI is InChI=1S/C17H18N4O3S/c1-3-9-24-14-6-5-13(10-15(14)23-2)11-20-21-16(22)12-25-17-18-7-4-8-19-17/h3-8,10-11H,1,9,12H2,2H3,(H,21,22)/b20-11+. The Morgan fingerprint density at radius 2 is 2.16 bits per heavy atom. The van der Waals surface area contributed by atoms with Gasteiger partial charge in [0.15, 0.2) is 16.7 Å². The molecule has 0 aliphatic heterocycles. The predicted octanol–water partition coefficient (Wildman–Crippen LogP) is 2.29. The molecular formula is C17H18N4O3S. The van der Waals surface area contributed by atoms with Crippen molar-refractivity contribution < 1.29 is 14.3 Å². The zero-order chi connectivity index (χ0) is 17.9. The van der Waals surface area contributed by atoms with Crippen molar-refractivity contribution in [2.24, 2.45) is 5.10 Å². The second-order valence-corrected chi connectivity index (χ2v) is 5.57. The van der Waals surface area contributed by atoms with E-state index in [-0.39, 0.29) is 11.7 Å². The Bertz CT molecular complexity index is 738. The van der Waals surface area contributed by atoms with Gasteiger partial charge in [-0.25, -0.2) is 15.4 Å². The number of amides is 1. The number of nitrogens with zero attached hydrogens (tertiary/aromatic N) is 3. The van der Waals surface area contributed by atoms with E-state index in [0.29, 0.717) is 23.3 Å². The highest BCUT2D eigenvalue weighted by molar-refractivity contribution is 7.99. The van der Waals surface area contributed by atoms with E-state index in [4.69, 9.17) is 9.47 Å². The lowest BCUT2D eigenvalue weighted by molar-refractivity contribution is -0.118. The van der Waals surface area contributed by atoms with Crippen molar-refractivity contribution in [2.75, 3.05) is 19.5 Å². The van der Waals surface area contributed by atoms with Gasteiger partial charge in [0.2, 0.25) is 0 Å². The Morgan fingerprint density at radius 3 is 2.88 bits per heavy atom. The van der Waals surface area contributed by atoms with Crippen molar-refractivity contribution in [1.29, 1.82) is 0 Å². The summed E-state index contributed by atoms with van der Waals surface area (Å²) in [6, 6.07) is 7.06. The third-order valence-corrected chi connectivity index (χ3v) is 3.70. The fourth-order valence-electron chi connectivity index (χ4n) is 1.73. The molecule has 0 spiro atoms. The third-order valence-electron chi connectivity index (χ3n) is 2.82. The van der Waals surface area contributed by atoms with Gasteiger partial charge in [-0.3, -0.25) is 4.79 Å². The molecule has 0 saturated carbocycles. The molecule has 0 saturated heterocycles. The number of rotatable bonds is 9. The van der Waals surface area contributed by atoms with Gasteiger partial charge in [-0.15, -0.1) is 0 Å². The summed E-state index contributed by atoms with van der Waals surface area (Å²) in [7, 11) is 1.56. The minimum atomic E-state index is -0.244. The number of hydrogen-bond acceptors (Lipinski definition) is 7. The van der Waals surface area contributed by atoms with E-state index in [0.717, 1.165) is 5.56 Å². The normalized spacial score (nSPS) is 10.4. The lowest BCUT2D eigenvalue weighted by atomic mass is 10.2. The highest BCUT2D eigenvalue weighted by Crippen LogP contribution is 2.27. The summed E-state index contributed by atoms with van der Waals surface area (Å²) in [4.78, 5) is 19.8. The molecule has 0 aliphatic rings. The number of thioether (sulfide) groups is 1. The van der Waals surface area contributed by atoms with Gasteiger partial charge in [0.25, 0.3) is 5.91 Å². The fourth-order valence-corrected chi connectivity index (χ4v) is 2.33. The number of carbonyl (C=O) groups excluding carboxylic acids is 1. The summed E-state index contributed by atoms with van der Waals surface area (Å²) >= 11 is 1.24. The Kier molecular flexibility index (Phi) is 7.45. The SMILES string of the molecule is C=CCOc1ccc(/C=N/NC(=O)CSc2ncccn2)cc1OC. The maximum atomic E-state index is 11.7. The Hall–Kier alpha value is -2.87. The minimum Gasteiger partial charge on any atom is -0.493 e. The quantitative estimate of drug-likeness (QED) is 0.243. The number of aromatic nitrogens is 2. The molecular weight excluding hydrogens is 340 g/mol. The van der Waals surface area contributed by atoms with Crippen molar-refractivity contribution in [3.63, 3.8) is 0 Å². The van der Waals surface area contributed by atoms with Crippen molar-refractivity contribution >= 4 is 23.9 Å². The number of carbonyl (C=O) groups is 1. The summed E-state index contributed by atoms with van der Waals surface area (Å²) in [6.45, 7) is 3.99. The first-order valence-electron chi connectivity index (χ1n) is 7.36. The summed E-state index contributed by atoms with van der Waals surface area (Å²) in [6.07, 6.45) is 6.44. The zero-order valence-electron chi connectivity index (χ0n) is 13.7. The lowest BCUT2D eigenvalue weighted by Gasteiger charge is -2.09. The summed E-state index contributed by atoms with van der Waals surface area (Å²) in [5.74, 6) is 1.13. The van der Waals surface area contributed by atoms with Crippen LogP contribution < -0.4 is 14.9 Å². The molecule has 1 N–H and O–H groups in total. The van der Waals surface area contributed by atoms with E-state index in [1.807, 2.05) is 6.07 Å². The Balaban J connectivity index is 1.86. The van der Waals surface area contributed by atoms with Gasteiger partial charge in [0, 0.05) is 12.4 Å². The summed E-state index contributed by atoms with van der Waals surface area (Å²) < 4.78 is 10.7. The first-order valence-corrected chi connectivity index (χ1v) is 8.35. The van der Waals surface area contributed by atoms with E-state index >= 15 is 0 Å². The molecule has 1 heterocycles. The van der Waals surface area contributed by atoms with Crippen LogP contribution >= 0.6 is 11.8 Å². The number of hydrogen-bond donors (Lipinski definition) is 1. The minimum absolute atomic E-state index is 0.180. The van der Waals surface area contributed by atoms with Gasteiger partial charge in [0.05, 0.1) is 19.1 Å². The number of methoxy groups -OCH3 is 1. The maximum Gasteiger partial charge on any atom is 0.250 e. The molecule has 130 valence electrons. The van der Waals surface area contributed by atoms with Gasteiger partial charge >= 0.3 is 0 Å². The van der Waals surface area contributed by atoms with Gasteiger partial charge in [-0.1, -0.05) is 24.4 Å². The van der Waals surface area contributed by atoms with Crippen LogP contribution in [0.2, 0.25) is 0 Å². The highest BCUT2D eigenvalue weighted by Gasteiger charge is 2.05. The van der Waals surface area contributed by atoms with Crippen LogP contribution in [0.1, 0.15) is 5.56 Å². The molecule has 0 atom stereocenters. The smallest absolute Gasteiger partial charge is 0.250 e. The molecule has 2 rings (SSSR count). The maximum absolute atomic E-state index is 11.7. The molecule has 8 heteroatoms. The molecule has 0 fully saturated rings. The number of nitrogens with one attached hydrogen (secondary N) is 1. The van der Waals surface area contributed by atoms with E-state index in [1.165, 1.54) is 18.0 Å². The lowest BCUT2D eigenvalue weighted by Crippen LogP contribution is -2.19. The van der Waals surface area contributed by atoms with Crippen molar-refractivity contribution in [3.05, 3.63) is 54.9 Å². The predicted molar refractivity (Wildman–Crippen MR) is 97.2 cm³/mol. The number of benzene rings is 1. The van der Waals surface area contributed by atoms with Crippen molar-refractivity contribution in [3.8, 4) is 11.5 Å². The van der Waals surface area contributed by atoms with Crippen LogP contribution in [0.3, 0.4) is 0 Å². The number of ether oxygens (including phenoxy) is 2. The van der Waals surface area contributed by atoms with Crippen LogP contribution in [-0.4, -0.2) is 41.6 Å². The van der Waals surface area contributed by atoms with E-state index < -0.39 is 0 Å². The van der Waals surface area contributed by atoms with E-state index in [9.17, 15) is 4.79 Å². The third kappa shape index (κ3) is 6.27. The molecule has 2 aromatic rings. The van der Waals surface area contributed by atoms with E-state index in [1.54, 1.807) is 43.8 Å². The fraction of sp³-hybridized carbons (Fsp3) is 0.176. The summed E-state index contributed by atoms with van der Waals surface area (Å²) in [5.41, 5.74) is 3.22. The Morgan fingerprint density at radius 1 is 1.36 bits per heavy atom. The number of hydrazone groups is 1. The van der Waals surface area contributed by atoms with Crippen LogP contribution in [-0.2, 0) is 4.79 Å². The van der Waals surface area contributed by atoms with Crippen molar-refractivity contribution in [1.82, 2.24) is 15.4 Å². The molecule has 0 radical (unpaired) electrons. The summed E-state index contributed by atoms with van der Waals surface area (Å²) in [5, 5.41) is 4.47. The van der Waals surface area contributed by atoms with Gasteiger partial charge in [0.1, 0.15) is 6.61 Å². The molecule has 0 bridgehead atoms. The highest BCUT2D eigenvalue weighted by atomic mass is 32.2. The van der Waals surface area contributed by atoms with Crippen molar-refractivity contribution in [2.45, 2.75) is 5.16 Å². The van der Waals surface area contributed by atoms with Crippen LogP contribution in [0.15, 0.2) is 59.6 Å². The molecule has 1 aromatic heterocycles. The molecule has 0 aliphatic carbocycles. The first-order chi connectivity index (χ1) is 12.2. The average Bonchev–Trinajstić information content (AvgIpc) is 2.66. The first kappa shape index (κ1) is 18.5. The molecule has 0 unspecified atom stereocenters. The molecule has 1 aromatic carbocycles. The molecule has 25 heavy (non-hydrogen) atoms.